The van der Waals surface area contributed by atoms with Crippen LogP contribution < -0.4 is 10.6 Å². The predicted octanol–water partition coefficient (Wildman–Crippen LogP) is 3.38. The molecule has 0 aliphatic rings. The standard InChI is InChI=1S/C15H19N3OS.2ClH/c1-2-8-16-9-10-17-14(19)13-11-18-15(20-13)12-6-4-3-5-7-12;;/h3-7,11,16H,2,8-10H2,1H3,(H,17,19);2*1H. The molecule has 2 aromatic rings. The number of amides is 1. The Hall–Kier alpha value is -1.14. The smallest absolute Gasteiger partial charge is 0.263 e. The van der Waals surface area contributed by atoms with Crippen LogP contribution in [0.15, 0.2) is 36.5 Å². The van der Waals surface area contributed by atoms with Gasteiger partial charge in [0.05, 0.1) is 6.20 Å². The van der Waals surface area contributed by atoms with E-state index in [1.165, 1.54) is 11.3 Å². The first-order valence-electron chi connectivity index (χ1n) is 6.81. The Morgan fingerprint density at radius 1 is 1.14 bits per heavy atom. The molecule has 1 aromatic heterocycles. The highest BCUT2D eigenvalue weighted by Crippen LogP contribution is 2.24. The van der Waals surface area contributed by atoms with E-state index in [2.05, 4.69) is 22.5 Å². The molecule has 0 radical (unpaired) electrons. The molecule has 1 aromatic carbocycles. The first-order valence-corrected chi connectivity index (χ1v) is 7.63. The molecule has 1 amide bonds. The van der Waals surface area contributed by atoms with E-state index in [-0.39, 0.29) is 30.7 Å². The summed E-state index contributed by atoms with van der Waals surface area (Å²) in [4.78, 5) is 16.9. The van der Waals surface area contributed by atoms with Crippen molar-refractivity contribution in [2.24, 2.45) is 0 Å². The van der Waals surface area contributed by atoms with Gasteiger partial charge in [-0.1, -0.05) is 37.3 Å². The van der Waals surface area contributed by atoms with Crippen molar-refractivity contribution in [2.75, 3.05) is 19.6 Å². The van der Waals surface area contributed by atoms with Crippen LogP contribution >= 0.6 is 36.2 Å². The van der Waals surface area contributed by atoms with E-state index < -0.39 is 0 Å². The van der Waals surface area contributed by atoms with Gasteiger partial charge in [0.2, 0.25) is 0 Å². The third-order valence-electron chi connectivity index (χ3n) is 2.76. The van der Waals surface area contributed by atoms with Gasteiger partial charge in [-0.3, -0.25) is 4.79 Å². The second-order valence-electron chi connectivity index (χ2n) is 4.40. The van der Waals surface area contributed by atoms with Gasteiger partial charge in [-0.05, 0) is 13.0 Å². The molecule has 0 unspecified atom stereocenters. The highest BCUT2D eigenvalue weighted by Gasteiger charge is 2.10. The van der Waals surface area contributed by atoms with Gasteiger partial charge in [0.1, 0.15) is 9.88 Å². The molecule has 0 saturated heterocycles. The first-order chi connectivity index (χ1) is 9.81. The summed E-state index contributed by atoms with van der Waals surface area (Å²) < 4.78 is 0. The van der Waals surface area contributed by atoms with Crippen molar-refractivity contribution in [1.29, 1.82) is 0 Å². The largest absolute Gasteiger partial charge is 0.350 e. The average Bonchev–Trinajstić information content (AvgIpc) is 2.98. The zero-order chi connectivity index (χ0) is 14.2. The van der Waals surface area contributed by atoms with Crippen LogP contribution in [0.4, 0.5) is 0 Å². The monoisotopic (exact) mass is 361 g/mol. The van der Waals surface area contributed by atoms with Crippen molar-refractivity contribution < 1.29 is 4.79 Å². The molecule has 0 spiro atoms. The summed E-state index contributed by atoms with van der Waals surface area (Å²) in [6.07, 6.45) is 2.74. The fourth-order valence-electron chi connectivity index (χ4n) is 1.75. The van der Waals surface area contributed by atoms with E-state index >= 15 is 0 Å². The average molecular weight is 362 g/mol. The summed E-state index contributed by atoms with van der Waals surface area (Å²) in [5, 5.41) is 7.01. The molecule has 4 nitrogen and oxygen atoms in total. The quantitative estimate of drug-likeness (QED) is 0.743. The lowest BCUT2D eigenvalue weighted by atomic mass is 10.2. The van der Waals surface area contributed by atoms with E-state index in [4.69, 9.17) is 0 Å². The fourth-order valence-corrected chi connectivity index (χ4v) is 2.58. The number of nitrogens with zero attached hydrogens (tertiary/aromatic N) is 1. The summed E-state index contributed by atoms with van der Waals surface area (Å²) in [5.41, 5.74) is 1.04. The lowest BCUT2D eigenvalue weighted by Crippen LogP contribution is -2.31. The lowest BCUT2D eigenvalue weighted by Gasteiger charge is -2.04. The number of thiazole rings is 1. The van der Waals surface area contributed by atoms with Crippen molar-refractivity contribution in [3.8, 4) is 10.6 Å². The number of hydrogen-bond donors (Lipinski definition) is 2. The first kappa shape index (κ1) is 20.9. The van der Waals surface area contributed by atoms with E-state index in [1.807, 2.05) is 30.3 Å². The van der Waals surface area contributed by atoms with Crippen LogP contribution in [0.25, 0.3) is 10.6 Å². The molecule has 0 atom stereocenters. The van der Waals surface area contributed by atoms with E-state index in [1.54, 1.807) is 6.20 Å². The Balaban J connectivity index is 0.00000220. The van der Waals surface area contributed by atoms with Crippen molar-refractivity contribution in [1.82, 2.24) is 15.6 Å². The van der Waals surface area contributed by atoms with E-state index in [9.17, 15) is 4.79 Å². The number of carbonyl (C=O) groups excluding carboxylic acids is 1. The van der Waals surface area contributed by atoms with Crippen LogP contribution in [-0.2, 0) is 0 Å². The molecule has 0 bridgehead atoms. The van der Waals surface area contributed by atoms with Gasteiger partial charge in [-0.15, -0.1) is 36.2 Å². The van der Waals surface area contributed by atoms with Gasteiger partial charge in [0, 0.05) is 18.7 Å². The zero-order valence-corrected chi connectivity index (χ0v) is 14.8. The molecule has 7 heteroatoms. The maximum Gasteiger partial charge on any atom is 0.263 e. The number of benzene rings is 1. The molecular formula is C15H21Cl2N3OS. The van der Waals surface area contributed by atoms with Gasteiger partial charge in [0.25, 0.3) is 5.91 Å². The number of carbonyl (C=O) groups is 1. The van der Waals surface area contributed by atoms with Crippen molar-refractivity contribution in [3.63, 3.8) is 0 Å². The lowest BCUT2D eigenvalue weighted by molar-refractivity contribution is 0.0958. The zero-order valence-electron chi connectivity index (χ0n) is 12.4. The Kier molecular flexibility index (Phi) is 10.8. The van der Waals surface area contributed by atoms with Gasteiger partial charge in [-0.2, -0.15) is 0 Å². The summed E-state index contributed by atoms with van der Waals surface area (Å²) in [6.45, 7) is 4.53. The minimum atomic E-state index is -0.0528. The number of hydrogen-bond acceptors (Lipinski definition) is 4. The highest BCUT2D eigenvalue weighted by molar-refractivity contribution is 7.16. The van der Waals surface area contributed by atoms with Crippen molar-refractivity contribution in [3.05, 3.63) is 41.4 Å². The molecule has 0 aliphatic carbocycles. The van der Waals surface area contributed by atoms with Gasteiger partial charge in [-0.25, -0.2) is 4.98 Å². The summed E-state index contributed by atoms with van der Waals surface area (Å²) in [5.74, 6) is -0.0528. The van der Waals surface area contributed by atoms with Crippen LogP contribution in [0.5, 0.6) is 0 Å². The molecule has 2 N–H and O–H groups in total. The van der Waals surface area contributed by atoms with E-state index in [0.717, 1.165) is 30.1 Å². The Morgan fingerprint density at radius 3 is 2.55 bits per heavy atom. The van der Waals surface area contributed by atoms with Crippen LogP contribution in [0.1, 0.15) is 23.0 Å². The van der Waals surface area contributed by atoms with E-state index in [0.29, 0.717) is 11.4 Å². The maximum absolute atomic E-state index is 12.0. The summed E-state index contributed by atoms with van der Waals surface area (Å²) in [7, 11) is 0. The Bertz CT molecular complexity index is 549. The van der Waals surface area contributed by atoms with Gasteiger partial charge < -0.3 is 10.6 Å². The van der Waals surface area contributed by atoms with Crippen LogP contribution in [0.2, 0.25) is 0 Å². The maximum atomic E-state index is 12.0. The minimum Gasteiger partial charge on any atom is -0.350 e. The van der Waals surface area contributed by atoms with Crippen LogP contribution in [0, 0.1) is 0 Å². The topological polar surface area (TPSA) is 54.0 Å². The SMILES string of the molecule is CCCNCCNC(=O)c1cnc(-c2ccccc2)s1.Cl.Cl. The second kappa shape index (κ2) is 11.4. The van der Waals surface area contributed by atoms with Crippen molar-refractivity contribution >= 4 is 42.1 Å². The molecular weight excluding hydrogens is 341 g/mol. The predicted molar refractivity (Wildman–Crippen MR) is 97.5 cm³/mol. The van der Waals surface area contributed by atoms with Crippen molar-refractivity contribution in [2.45, 2.75) is 13.3 Å². The fraction of sp³-hybridized carbons (Fsp3) is 0.333. The number of rotatable bonds is 7. The summed E-state index contributed by atoms with van der Waals surface area (Å²) in [6, 6.07) is 9.89. The van der Waals surface area contributed by atoms with Crippen LogP contribution in [-0.4, -0.2) is 30.5 Å². The Labute approximate surface area is 147 Å². The summed E-state index contributed by atoms with van der Waals surface area (Å²) >= 11 is 1.42. The molecule has 2 rings (SSSR count). The normalized spacial score (nSPS) is 9.50. The van der Waals surface area contributed by atoms with Gasteiger partial charge >= 0.3 is 0 Å². The molecule has 1 heterocycles. The third-order valence-corrected chi connectivity index (χ3v) is 3.81. The molecule has 0 saturated carbocycles. The second-order valence-corrected chi connectivity index (χ2v) is 5.43. The minimum absolute atomic E-state index is 0. The molecule has 0 fully saturated rings. The molecule has 22 heavy (non-hydrogen) atoms. The van der Waals surface area contributed by atoms with Crippen LogP contribution in [0.3, 0.4) is 0 Å². The van der Waals surface area contributed by atoms with Gasteiger partial charge in [0.15, 0.2) is 0 Å². The highest BCUT2D eigenvalue weighted by atomic mass is 35.5. The number of aromatic nitrogens is 1. The number of nitrogens with one attached hydrogen (secondary N) is 2. The third kappa shape index (κ3) is 6.32. The number of halogens is 2. The molecule has 122 valence electrons. The molecule has 0 aliphatic heterocycles. The Morgan fingerprint density at radius 2 is 1.86 bits per heavy atom.